The van der Waals surface area contributed by atoms with Crippen LogP contribution in [0.2, 0.25) is 0 Å². The van der Waals surface area contributed by atoms with E-state index in [2.05, 4.69) is 15.4 Å². The molecule has 1 N–H and O–H groups in total. The number of carbonyl (C=O) groups excluding carboxylic acids is 2. The number of hydrogen-bond donors (Lipinski definition) is 1. The van der Waals surface area contributed by atoms with Crippen LogP contribution in [0.1, 0.15) is 32.9 Å². The third-order valence-corrected chi connectivity index (χ3v) is 7.18. The number of aromatic nitrogens is 1. The van der Waals surface area contributed by atoms with Gasteiger partial charge in [0.05, 0.1) is 17.8 Å². The largest absolute Gasteiger partial charge is 0.361 e. The van der Waals surface area contributed by atoms with E-state index in [0.717, 1.165) is 33.2 Å². The molecule has 0 radical (unpaired) electrons. The lowest BCUT2D eigenvalue weighted by Crippen LogP contribution is -2.50. The molecule has 1 aromatic heterocycles. The zero-order chi connectivity index (χ0) is 24.1. The smallest absolute Gasteiger partial charge is 0.255 e. The maximum atomic E-state index is 13.3. The zero-order valence-corrected chi connectivity index (χ0v) is 20.7. The maximum Gasteiger partial charge on any atom is 0.255 e. The van der Waals surface area contributed by atoms with E-state index < -0.39 is 0 Å². The Kier molecular flexibility index (Phi) is 7.70. The number of benzene rings is 2. The first kappa shape index (κ1) is 24.0. The van der Waals surface area contributed by atoms with Gasteiger partial charge in [0, 0.05) is 48.6 Å². The van der Waals surface area contributed by atoms with E-state index in [4.69, 9.17) is 4.52 Å². The minimum atomic E-state index is -0.0293. The Morgan fingerprint density at radius 2 is 1.79 bits per heavy atom. The Labute approximate surface area is 204 Å². The van der Waals surface area contributed by atoms with Crippen LogP contribution in [0.3, 0.4) is 0 Å². The highest BCUT2D eigenvalue weighted by Gasteiger charge is 2.25. The summed E-state index contributed by atoms with van der Waals surface area (Å²) in [5.41, 5.74) is 4.65. The molecule has 178 valence electrons. The number of amides is 2. The molecule has 3 aromatic rings. The summed E-state index contributed by atoms with van der Waals surface area (Å²) in [4.78, 5) is 30.7. The topological polar surface area (TPSA) is 78.7 Å². The molecule has 7 nitrogen and oxygen atoms in total. The van der Waals surface area contributed by atoms with E-state index in [1.165, 1.54) is 0 Å². The molecule has 1 aliphatic heterocycles. The van der Waals surface area contributed by atoms with Crippen molar-refractivity contribution in [2.24, 2.45) is 0 Å². The molecule has 34 heavy (non-hydrogen) atoms. The number of anilines is 1. The number of nitrogens with one attached hydrogen (secondary N) is 1. The molecule has 4 rings (SSSR count). The van der Waals surface area contributed by atoms with Crippen LogP contribution < -0.4 is 5.32 Å². The second-order valence-corrected chi connectivity index (χ2v) is 9.59. The van der Waals surface area contributed by atoms with Crippen LogP contribution in [-0.2, 0) is 10.5 Å². The van der Waals surface area contributed by atoms with Crippen molar-refractivity contribution in [2.45, 2.75) is 31.4 Å². The summed E-state index contributed by atoms with van der Waals surface area (Å²) in [5.74, 6) is 1.42. The predicted molar refractivity (Wildman–Crippen MR) is 134 cm³/mol. The zero-order valence-electron chi connectivity index (χ0n) is 19.8. The van der Waals surface area contributed by atoms with Gasteiger partial charge < -0.3 is 14.7 Å². The van der Waals surface area contributed by atoms with Crippen LogP contribution in [0.4, 0.5) is 5.69 Å². The molecule has 0 atom stereocenters. The van der Waals surface area contributed by atoms with E-state index in [0.29, 0.717) is 44.0 Å². The monoisotopic (exact) mass is 478 g/mol. The third kappa shape index (κ3) is 5.87. The first-order valence-corrected chi connectivity index (χ1v) is 12.4. The van der Waals surface area contributed by atoms with Crippen molar-refractivity contribution in [3.63, 3.8) is 0 Å². The van der Waals surface area contributed by atoms with Crippen molar-refractivity contribution in [3.05, 3.63) is 76.7 Å². The molecule has 0 unspecified atom stereocenters. The van der Waals surface area contributed by atoms with Gasteiger partial charge in [-0.25, -0.2) is 0 Å². The fourth-order valence-corrected chi connectivity index (χ4v) is 4.89. The number of piperazine rings is 1. The first-order valence-electron chi connectivity index (χ1n) is 11.4. The second-order valence-electron chi connectivity index (χ2n) is 8.58. The van der Waals surface area contributed by atoms with E-state index in [-0.39, 0.29) is 11.8 Å². The van der Waals surface area contributed by atoms with Gasteiger partial charge in [-0.3, -0.25) is 14.5 Å². The average molecular weight is 479 g/mol. The van der Waals surface area contributed by atoms with Crippen molar-refractivity contribution in [3.8, 4) is 0 Å². The van der Waals surface area contributed by atoms with Gasteiger partial charge in [0.25, 0.3) is 5.91 Å². The number of thioether (sulfide) groups is 1. The Morgan fingerprint density at radius 1 is 1.03 bits per heavy atom. The van der Waals surface area contributed by atoms with E-state index >= 15 is 0 Å². The van der Waals surface area contributed by atoms with Crippen LogP contribution in [0.15, 0.2) is 57.9 Å². The summed E-state index contributed by atoms with van der Waals surface area (Å²) in [6.45, 7) is 8.75. The van der Waals surface area contributed by atoms with Crippen LogP contribution in [0, 0.1) is 20.8 Å². The quantitative estimate of drug-likeness (QED) is 0.511. The van der Waals surface area contributed by atoms with Crippen LogP contribution in [0.25, 0.3) is 0 Å². The fourth-order valence-electron chi connectivity index (χ4n) is 3.97. The third-order valence-electron chi connectivity index (χ3n) is 6.08. The Hall–Kier alpha value is -3.10. The van der Waals surface area contributed by atoms with E-state index in [9.17, 15) is 9.59 Å². The van der Waals surface area contributed by atoms with Gasteiger partial charge in [0.15, 0.2) is 0 Å². The summed E-state index contributed by atoms with van der Waals surface area (Å²) < 4.78 is 5.14. The second kappa shape index (κ2) is 10.9. The molecule has 0 aliphatic carbocycles. The van der Waals surface area contributed by atoms with Crippen molar-refractivity contribution >= 4 is 29.3 Å². The van der Waals surface area contributed by atoms with Gasteiger partial charge in [-0.15, -0.1) is 11.8 Å². The van der Waals surface area contributed by atoms with Crippen LogP contribution >= 0.6 is 11.8 Å². The van der Waals surface area contributed by atoms with Crippen LogP contribution in [0.5, 0.6) is 0 Å². The Morgan fingerprint density at radius 3 is 2.53 bits per heavy atom. The number of rotatable bonds is 7. The van der Waals surface area contributed by atoms with Gasteiger partial charge in [-0.05, 0) is 50.1 Å². The van der Waals surface area contributed by atoms with E-state index in [1.54, 1.807) is 11.8 Å². The molecule has 2 amide bonds. The van der Waals surface area contributed by atoms with E-state index in [1.807, 2.05) is 74.2 Å². The van der Waals surface area contributed by atoms with Crippen molar-refractivity contribution < 1.29 is 14.1 Å². The number of aryl methyl sites for hydroxylation is 2. The highest BCUT2D eigenvalue weighted by atomic mass is 32.2. The summed E-state index contributed by atoms with van der Waals surface area (Å²) >= 11 is 1.58. The summed E-state index contributed by atoms with van der Waals surface area (Å²) in [5, 5.41) is 7.05. The number of carbonyl (C=O) groups is 2. The number of nitrogens with zero attached hydrogens (tertiary/aromatic N) is 3. The molecular weight excluding hydrogens is 448 g/mol. The standard InChI is InChI=1S/C26H30N4O3S/c1-18-7-6-9-23(20(18)3)27-25(31)16-29-11-13-30(14-12-29)26(32)22-8-4-5-10-24(22)34-17-21-15-19(2)33-28-21/h4-10,15H,11-14,16-17H2,1-3H3,(H,27,31). The molecule has 2 heterocycles. The molecular formula is C26H30N4O3S. The molecule has 1 fully saturated rings. The predicted octanol–water partition coefficient (Wildman–Crippen LogP) is 4.29. The van der Waals surface area contributed by atoms with Crippen LogP contribution in [-0.4, -0.2) is 59.5 Å². The van der Waals surface area contributed by atoms with Crippen molar-refractivity contribution in [1.82, 2.24) is 15.0 Å². The molecule has 1 aliphatic rings. The normalized spacial score (nSPS) is 14.3. The molecule has 8 heteroatoms. The van der Waals surface area contributed by atoms with Gasteiger partial charge in [-0.2, -0.15) is 0 Å². The lowest BCUT2D eigenvalue weighted by Gasteiger charge is -2.34. The van der Waals surface area contributed by atoms with Gasteiger partial charge in [-0.1, -0.05) is 29.4 Å². The molecule has 0 saturated carbocycles. The van der Waals surface area contributed by atoms with Gasteiger partial charge in [0.2, 0.25) is 5.91 Å². The molecule has 0 spiro atoms. The molecule has 2 aromatic carbocycles. The maximum absolute atomic E-state index is 13.3. The lowest BCUT2D eigenvalue weighted by atomic mass is 10.1. The highest BCUT2D eigenvalue weighted by Crippen LogP contribution is 2.27. The summed E-state index contributed by atoms with van der Waals surface area (Å²) in [6.07, 6.45) is 0. The minimum absolute atomic E-state index is 0.0268. The first-order chi connectivity index (χ1) is 16.4. The van der Waals surface area contributed by atoms with Crippen molar-refractivity contribution in [2.75, 3.05) is 38.0 Å². The SMILES string of the molecule is Cc1cc(CSc2ccccc2C(=O)N2CCN(CC(=O)Nc3cccc(C)c3C)CC2)no1. The molecule has 0 bridgehead atoms. The Balaban J connectivity index is 1.30. The molecule has 1 saturated heterocycles. The average Bonchev–Trinajstić information content (AvgIpc) is 3.26. The van der Waals surface area contributed by atoms with Crippen molar-refractivity contribution in [1.29, 1.82) is 0 Å². The highest BCUT2D eigenvalue weighted by molar-refractivity contribution is 7.98. The lowest BCUT2D eigenvalue weighted by molar-refractivity contribution is -0.117. The summed E-state index contributed by atoms with van der Waals surface area (Å²) in [7, 11) is 0. The van der Waals surface area contributed by atoms with Gasteiger partial charge >= 0.3 is 0 Å². The fraction of sp³-hybridized carbons (Fsp3) is 0.346. The van der Waals surface area contributed by atoms with Gasteiger partial charge in [0.1, 0.15) is 5.76 Å². The minimum Gasteiger partial charge on any atom is -0.361 e. The summed E-state index contributed by atoms with van der Waals surface area (Å²) in [6, 6.07) is 15.5. The Bertz CT molecular complexity index is 1170. The number of hydrogen-bond acceptors (Lipinski definition) is 6.